The maximum Gasteiger partial charge on any atom is 0.490 e. The Bertz CT molecular complexity index is 244. The van der Waals surface area contributed by atoms with Crippen LogP contribution < -0.4 is 10.4 Å². The van der Waals surface area contributed by atoms with E-state index in [1.807, 2.05) is 31.1 Å². The van der Waals surface area contributed by atoms with Gasteiger partial charge in [0.15, 0.2) is 0 Å². The summed E-state index contributed by atoms with van der Waals surface area (Å²) in [7, 11) is 2.33. The summed E-state index contributed by atoms with van der Waals surface area (Å²) >= 11 is 0. The molecule has 14 heavy (non-hydrogen) atoms. The zero-order valence-electron chi connectivity index (χ0n) is 8.14. The third kappa shape index (κ3) is 3.55. The molecule has 0 aromatic heterocycles. The molecule has 4 N–H and O–H groups in total. The van der Waals surface area contributed by atoms with Gasteiger partial charge in [0.1, 0.15) is 0 Å². The lowest BCUT2D eigenvalue weighted by Crippen LogP contribution is -2.34. The second-order valence-corrected chi connectivity index (χ2v) is 2.83. The summed E-state index contributed by atoms with van der Waals surface area (Å²) in [6, 6.07) is 7.18. The number of hydrogen-bond acceptors (Lipinski definition) is 3. The van der Waals surface area contributed by atoms with Crippen LogP contribution in [0.4, 0.5) is 5.69 Å². The number of halogens is 1. The van der Waals surface area contributed by atoms with E-state index in [1.165, 1.54) is 0 Å². The molecule has 0 saturated heterocycles. The number of benzene rings is 1. The van der Waals surface area contributed by atoms with Gasteiger partial charge >= 0.3 is 7.12 Å². The van der Waals surface area contributed by atoms with Gasteiger partial charge in [-0.1, -0.05) is 18.2 Å². The molecule has 0 bridgehead atoms. The standard InChI is InChI=1S/C8H12BNO2.ClH.H2O/c1-10(2)8-6-4-3-5-7(8)9(11)12;;/h3-6,11-12H,1-2H3;1H;1H2. The van der Waals surface area contributed by atoms with Crippen molar-refractivity contribution in [3.63, 3.8) is 0 Å². The Morgan fingerprint density at radius 1 is 1.14 bits per heavy atom. The highest BCUT2D eigenvalue weighted by Crippen LogP contribution is 2.06. The molecule has 0 spiro atoms. The van der Waals surface area contributed by atoms with Crippen molar-refractivity contribution in [2.75, 3.05) is 19.0 Å². The summed E-state index contributed by atoms with van der Waals surface area (Å²) < 4.78 is 0. The van der Waals surface area contributed by atoms with Gasteiger partial charge in [0.2, 0.25) is 0 Å². The molecule has 0 fully saturated rings. The Labute approximate surface area is 90.0 Å². The van der Waals surface area contributed by atoms with Crippen LogP contribution >= 0.6 is 12.4 Å². The van der Waals surface area contributed by atoms with Crippen molar-refractivity contribution in [2.45, 2.75) is 0 Å². The van der Waals surface area contributed by atoms with Crippen molar-refractivity contribution in [1.29, 1.82) is 0 Å². The first-order valence-electron chi connectivity index (χ1n) is 3.75. The van der Waals surface area contributed by atoms with Gasteiger partial charge < -0.3 is 20.4 Å². The maximum absolute atomic E-state index is 8.98. The van der Waals surface area contributed by atoms with Crippen LogP contribution in [0.15, 0.2) is 24.3 Å². The molecule has 0 radical (unpaired) electrons. The molecule has 0 aliphatic carbocycles. The Hall–Kier alpha value is -0.745. The Balaban J connectivity index is 0. The van der Waals surface area contributed by atoms with E-state index >= 15 is 0 Å². The molecule has 1 aromatic carbocycles. The van der Waals surface area contributed by atoms with E-state index in [2.05, 4.69) is 0 Å². The van der Waals surface area contributed by atoms with Crippen molar-refractivity contribution in [3.8, 4) is 0 Å². The average molecular weight is 219 g/mol. The molecular formula is C8H15BClNO3. The molecule has 80 valence electrons. The van der Waals surface area contributed by atoms with Gasteiger partial charge in [-0.15, -0.1) is 12.4 Å². The molecule has 0 unspecified atom stereocenters. The summed E-state index contributed by atoms with van der Waals surface area (Å²) in [6.07, 6.45) is 0. The summed E-state index contributed by atoms with van der Waals surface area (Å²) in [5.74, 6) is 0. The summed E-state index contributed by atoms with van der Waals surface area (Å²) in [5, 5.41) is 18.0. The van der Waals surface area contributed by atoms with Crippen LogP contribution in [0.1, 0.15) is 0 Å². The normalized spacial score (nSPS) is 8.29. The van der Waals surface area contributed by atoms with Crippen molar-refractivity contribution in [3.05, 3.63) is 24.3 Å². The first-order valence-corrected chi connectivity index (χ1v) is 3.75. The highest BCUT2D eigenvalue weighted by Gasteiger charge is 2.15. The molecule has 0 saturated carbocycles. The van der Waals surface area contributed by atoms with Crippen LogP contribution in [0.2, 0.25) is 0 Å². The molecule has 0 atom stereocenters. The van der Waals surface area contributed by atoms with E-state index < -0.39 is 7.12 Å². The fraction of sp³-hybridized carbons (Fsp3) is 0.250. The topological polar surface area (TPSA) is 75.2 Å². The quantitative estimate of drug-likeness (QED) is 0.629. The maximum atomic E-state index is 8.98. The third-order valence-electron chi connectivity index (χ3n) is 1.70. The lowest BCUT2D eigenvalue weighted by Gasteiger charge is -2.16. The van der Waals surface area contributed by atoms with Crippen molar-refractivity contribution in [1.82, 2.24) is 0 Å². The minimum Gasteiger partial charge on any atom is -0.423 e. The third-order valence-corrected chi connectivity index (χ3v) is 1.70. The number of para-hydroxylation sites is 1. The summed E-state index contributed by atoms with van der Waals surface area (Å²) in [4.78, 5) is 1.84. The Morgan fingerprint density at radius 3 is 2.00 bits per heavy atom. The number of rotatable bonds is 2. The highest BCUT2D eigenvalue weighted by atomic mass is 35.5. The van der Waals surface area contributed by atoms with Crippen LogP contribution in [-0.2, 0) is 0 Å². The molecule has 0 aliphatic rings. The SMILES string of the molecule is CN(C)c1ccccc1B(O)O.Cl.O. The van der Waals surface area contributed by atoms with Crippen molar-refractivity contribution < 1.29 is 15.5 Å². The first kappa shape index (κ1) is 15.7. The van der Waals surface area contributed by atoms with Gasteiger partial charge in [0.05, 0.1) is 0 Å². The predicted molar refractivity (Wildman–Crippen MR) is 61.5 cm³/mol. The lowest BCUT2D eigenvalue weighted by molar-refractivity contribution is 0.426. The zero-order chi connectivity index (χ0) is 9.14. The Kier molecular flexibility index (Phi) is 7.49. The van der Waals surface area contributed by atoms with Gasteiger partial charge in [0.25, 0.3) is 0 Å². The van der Waals surface area contributed by atoms with Crippen LogP contribution in [0.5, 0.6) is 0 Å². The fourth-order valence-corrected chi connectivity index (χ4v) is 1.11. The monoisotopic (exact) mass is 219 g/mol. The molecule has 0 heterocycles. The summed E-state index contributed by atoms with van der Waals surface area (Å²) in [5.41, 5.74) is 1.36. The van der Waals surface area contributed by atoms with Crippen molar-refractivity contribution >= 4 is 30.7 Å². The van der Waals surface area contributed by atoms with Crippen LogP contribution in [0.3, 0.4) is 0 Å². The minimum atomic E-state index is -1.40. The summed E-state index contributed by atoms with van der Waals surface area (Å²) in [6.45, 7) is 0. The van der Waals surface area contributed by atoms with Gasteiger partial charge in [-0.3, -0.25) is 0 Å². The number of anilines is 1. The molecular weight excluding hydrogens is 204 g/mol. The van der Waals surface area contributed by atoms with E-state index in [0.29, 0.717) is 5.46 Å². The largest absolute Gasteiger partial charge is 0.490 e. The van der Waals surface area contributed by atoms with Crippen LogP contribution in [-0.4, -0.2) is 36.7 Å². The van der Waals surface area contributed by atoms with Crippen LogP contribution in [0.25, 0.3) is 0 Å². The zero-order valence-corrected chi connectivity index (χ0v) is 8.95. The highest BCUT2D eigenvalue weighted by molar-refractivity contribution is 6.60. The predicted octanol–water partition coefficient (Wildman–Crippen LogP) is -0.970. The smallest absolute Gasteiger partial charge is 0.423 e. The van der Waals surface area contributed by atoms with E-state index in [9.17, 15) is 0 Å². The van der Waals surface area contributed by atoms with Gasteiger partial charge in [-0.05, 0) is 6.07 Å². The molecule has 1 aromatic rings. The van der Waals surface area contributed by atoms with Gasteiger partial charge in [-0.2, -0.15) is 0 Å². The van der Waals surface area contributed by atoms with E-state index in [4.69, 9.17) is 10.0 Å². The van der Waals surface area contributed by atoms with Crippen LogP contribution in [0, 0.1) is 0 Å². The first-order chi connectivity index (χ1) is 5.63. The Morgan fingerprint density at radius 2 is 1.64 bits per heavy atom. The molecule has 4 nitrogen and oxygen atoms in total. The van der Waals surface area contributed by atoms with E-state index in [-0.39, 0.29) is 17.9 Å². The average Bonchev–Trinajstić information content (AvgIpc) is 2.04. The van der Waals surface area contributed by atoms with Crippen molar-refractivity contribution in [2.24, 2.45) is 0 Å². The minimum absolute atomic E-state index is 0. The number of nitrogens with zero attached hydrogens (tertiary/aromatic N) is 1. The van der Waals surface area contributed by atoms with Gasteiger partial charge in [0, 0.05) is 25.2 Å². The lowest BCUT2D eigenvalue weighted by atomic mass is 9.79. The molecule has 0 amide bonds. The second-order valence-electron chi connectivity index (χ2n) is 2.83. The second kappa shape index (κ2) is 6.67. The molecule has 6 heteroatoms. The fourth-order valence-electron chi connectivity index (χ4n) is 1.11. The molecule has 1 rings (SSSR count). The molecule has 0 aliphatic heterocycles. The number of hydrogen-bond donors (Lipinski definition) is 2. The van der Waals surface area contributed by atoms with E-state index in [1.54, 1.807) is 12.1 Å². The van der Waals surface area contributed by atoms with Gasteiger partial charge in [-0.25, -0.2) is 0 Å². The van der Waals surface area contributed by atoms with E-state index in [0.717, 1.165) is 5.69 Å².